The van der Waals surface area contributed by atoms with Gasteiger partial charge in [0.05, 0.1) is 17.3 Å². The SMILES string of the molecule is NCC1(C(=O)Nc2cnn(CC(=O)O)c2)CCOCC1. The molecular formula is C12H18N4O4. The Morgan fingerprint density at radius 2 is 2.20 bits per heavy atom. The molecule has 0 atom stereocenters. The van der Waals surface area contributed by atoms with Crippen LogP contribution in [0, 0.1) is 5.41 Å². The minimum atomic E-state index is -0.992. The third kappa shape index (κ3) is 3.14. The molecule has 1 amide bonds. The highest BCUT2D eigenvalue weighted by Gasteiger charge is 2.38. The number of rotatable bonds is 5. The minimum absolute atomic E-state index is 0.168. The number of hydrogen-bond acceptors (Lipinski definition) is 5. The van der Waals surface area contributed by atoms with Crippen molar-refractivity contribution >= 4 is 17.6 Å². The smallest absolute Gasteiger partial charge is 0.325 e. The molecule has 8 nitrogen and oxygen atoms in total. The Hall–Kier alpha value is -1.93. The lowest BCUT2D eigenvalue weighted by Gasteiger charge is -2.34. The molecule has 1 aliphatic heterocycles. The minimum Gasteiger partial charge on any atom is -0.480 e. The first kappa shape index (κ1) is 14.5. The summed E-state index contributed by atoms with van der Waals surface area (Å²) in [6.45, 7) is 1.04. The second-order valence-corrected chi connectivity index (χ2v) is 4.87. The number of amides is 1. The molecule has 0 spiro atoms. The number of aromatic nitrogens is 2. The molecule has 4 N–H and O–H groups in total. The standard InChI is InChI=1S/C12H18N4O4/c13-8-12(1-3-20-4-2-12)11(19)15-9-5-14-16(6-9)7-10(17)18/h5-6H,1-4,7-8,13H2,(H,15,19)(H,17,18). The Morgan fingerprint density at radius 1 is 1.50 bits per heavy atom. The Labute approximate surface area is 115 Å². The second-order valence-electron chi connectivity index (χ2n) is 4.87. The molecule has 2 rings (SSSR count). The van der Waals surface area contributed by atoms with Gasteiger partial charge in [-0.1, -0.05) is 0 Å². The molecule has 2 heterocycles. The number of hydrogen-bond donors (Lipinski definition) is 3. The van der Waals surface area contributed by atoms with Crippen molar-refractivity contribution in [2.24, 2.45) is 11.1 Å². The van der Waals surface area contributed by atoms with Crippen LogP contribution >= 0.6 is 0 Å². The van der Waals surface area contributed by atoms with Crippen molar-refractivity contribution in [3.63, 3.8) is 0 Å². The van der Waals surface area contributed by atoms with Gasteiger partial charge >= 0.3 is 5.97 Å². The average molecular weight is 282 g/mol. The van der Waals surface area contributed by atoms with E-state index in [1.807, 2.05) is 0 Å². The molecule has 0 aromatic carbocycles. The zero-order chi connectivity index (χ0) is 14.6. The van der Waals surface area contributed by atoms with E-state index in [-0.39, 0.29) is 19.0 Å². The van der Waals surface area contributed by atoms with E-state index in [1.165, 1.54) is 17.1 Å². The maximum Gasteiger partial charge on any atom is 0.325 e. The normalized spacial score (nSPS) is 17.6. The van der Waals surface area contributed by atoms with Crippen LogP contribution in [-0.2, 0) is 20.9 Å². The molecule has 0 radical (unpaired) electrons. The lowest BCUT2D eigenvalue weighted by Crippen LogP contribution is -2.46. The number of nitrogens with two attached hydrogens (primary N) is 1. The summed E-state index contributed by atoms with van der Waals surface area (Å²) in [5.41, 5.74) is 5.60. The van der Waals surface area contributed by atoms with Gasteiger partial charge in [0, 0.05) is 26.0 Å². The number of carboxylic acids is 1. The van der Waals surface area contributed by atoms with E-state index in [1.54, 1.807) is 0 Å². The average Bonchev–Trinajstić information content (AvgIpc) is 2.85. The van der Waals surface area contributed by atoms with Crippen molar-refractivity contribution in [3.05, 3.63) is 12.4 Å². The van der Waals surface area contributed by atoms with Gasteiger partial charge in [-0.3, -0.25) is 14.3 Å². The molecule has 0 bridgehead atoms. The van der Waals surface area contributed by atoms with Gasteiger partial charge in [0.2, 0.25) is 5.91 Å². The van der Waals surface area contributed by atoms with Crippen LogP contribution < -0.4 is 11.1 Å². The maximum absolute atomic E-state index is 12.4. The topological polar surface area (TPSA) is 119 Å². The molecular weight excluding hydrogens is 264 g/mol. The summed E-state index contributed by atoms with van der Waals surface area (Å²) < 4.78 is 6.50. The van der Waals surface area contributed by atoms with E-state index >= 15 is 0 Å². The largest absolute Gasteiger partial charge is 0.480 e. The Balaban J connectivity index is 2.02. The predicted octanol–water partition coefficient (Wildman–Crippen LogP) is -0.338. The van der Waals surface area contributed by atoms with Crippen LogP contribution in [-0.4, -0.2) is 46.5 Å². The highest BCUT2D eigenvalue weighted by molar-refractivity contribution is 5.95. The van der Waals surface area contributed by atoms with E-state index in [9.17, 15) is 9.59 Å². The van der Waals surface area contributed by atoms with Crippen molar-refractivity contribution in [1.82, 2.24) is 9.78 Å². The third-order valence-electron chi connectivity index (χ3n) is 3.51. The summed E-state index contributed by atoms with van der Waals surface area (Å²) in [5, 5.41) is 15.3. The molecule has 8 heteroatoms. The molecule has 20 heavy (non-hydrogen) atoms. The molecule has 1 saturated heterocycles. The van der Waals surface area contributed by atoms with Crippen molar-refractivity contribution in [2.75, 3.05) is 25.1 Å². The maximum atomic E-state index is 12.4. The fourth-order valence-electron chi connectivity index (χ4n) is 2.20. The number of anilines is 1. The van der Waals surface area contributed by atoms with Gasteiger partial charge in [-0.05, 0) is 12.8 Å². The van der Waals surface area contributed by atoms with Crippen molar-refractivity contribution in [3.8, 4) is 0 Å². The van der Waals surface area contributed by atoms with E-state index in [4.69, 9.17) is 15.6 Å². The van der Waals surface area contributed by atoms with E-state index in [0.29, 0.717) is 31.7 Å². The molecule has 110 valence electrons. The molecule has 0 saturated carbocycles. The van der Waals surface area contributed by atoms with Crippen LogP contribution in [0.1, 0.15) is 12.8 Å². The highest BCUT2D eigenvalue weighted by Crippen LogP contribution is 2.30. The zero-order valence-corrected chi connectivity index (χ0v) is 11.0. The molecule has 1 aromatic rings. The molecule has 1 aliphatic rings. The summed E-state index contributed by atoms with van der Waals surface area (Å²) in [5.74, 6) is -1.16. The summed E-state index contributed by atoms with van der Waals surface area (Å²) in [4.78, 5) is 22.9. The molecule has 1 fully saturated rings. The lowest BCUT2D eigenvalue weighted by atomic mass is 9.79. The zero-order valence-electron chi connectivity index (χ0n) is 11.0. The number of carbonyl (C=O) groups excluding carboxylic acids is 1. The van der Waals surface area contributed by atoms with Gasteiger partial charge in [-0.25, -0.2) is 0 Å². The Kier molecular flexibility index (Phi) is 4.35. The number of nitrogens with one attached hydrogen (secondary N) is 1. The van der Waals surface area contributed by atoms with Crippen molar-refractivity contribution < 1.29 is 19.4 Å². The fourth-order valence-corrected chi connectivity index (χ4v) is 2.20. The van der Waals surface area contributed by atoms with Crippen LogP contribution in [0.25, 0.3) is 0 Å². The number of ether oxygens (including phenoxy) is 1. The fraction of sp³-hybridized carbons (Fsp3) is 0.583. The van der Waals surface area contributed by atoms with Crippen LogP contribution in [0.4, 0.5) is 5.69 Å². The van der Waals surface area contributed by atoms with Crippen molar-refractivity contribution in [2.45, 2.75) is 19.4 Å². The van der Waals surface area contributed by atoms with E-state index < -0.39 is 11.4 Å². The number of nitrogens with zero attached hydrogens (tertiary/aromatic N) is 2. The summed E-state index contributed by atoms with van der Waals surface area (Å²) in [6.07, 6.45) is 4.07. The summed E-state index contributed by atoms with van der Waals surface area (Å²) >= 11 is 0. The van der Waals surface area contributed by atoms with Crippen molar-refractivity contribution in [1.29, 1.82) is 0 Å². The van der Waals surface area contributed by atoms with Gasteiger partial charge in [0.15, 0.2) is 0 Å². The summed E-state index contributed by atoms with van der Waals surface area (Å²) in [6, 6.07) is 0. The number of carboxylic acid groups (broad SMARTS) is 1. The molecule has 0 aliphatic carbocycles. The Morgan fingerprint density at radius 3 is 2.80 bits per heavy atom. The van der Waals surface area contributed by atoms with Gasteiger partial charge in [-0.2, -0.15) is 5.10 Å². The summed E-state index contributed by atoms with van der Waals surface area (Å²) in [7, 11) is 0. The van der Waals surface area contributed by atoms with Gasteiger partial charge in [-0.15, -0.1) is 0 Å². The van der Waals surface area contributed by atoms with Crippen LogP contribution in [0.2, 0.25) is 0 Å². The number of aliphatic carboxylic acids is 1. The van der Waals surface area contributed by atoms with Gasteiger partial charge in [0.25, 0.3) is 0 Å². The quantitative estimate of drug-likeness (QED) is 0.679. The molecule has 1 aromatic heterocycles. The van der Waals surface area contributed by atoms with Crippen LogP contribution in [0.3, 0.4) is 0 Å². The number of carbonyl (C=O) groups is 2. The Bertz CT molecular complexity index is 493. The highest BCUT2D eigenvalue weighted by atomic mass is 16.5. The first-order valence-electron chi connectivity index (χ1n) is 6.39. The van der Waals surface area contributed by atoms with Gasteiger partial charge < -0.3 is 20.9 Å². The van der Waals surface area contributed by atoms with Crippen LogP contribution in [0.5, 0.6) is 0 Å². The van der Waals surface area contributed by atoms with Crippen LogP contribution in [0.15, 0.2) is 12.4 Å². The first-order valence-corrected chi connectivity index (χ1v) is 6.39. The first-order chi connectivity index (χ1) is 9.55. The molecule has 0 unspecified atom stereocenters. The lowest BCUT2D eigenvalue weighted by molar-refractivity contribution is -0.137. The monoisotopic (exact) mass is 282 g/mol. The van der Waals surface area contributed by atoms with Gasteiger partial charge in [0.1, 0.15) is 6.54 Å². The predicted molar refractivity (Wildman–Crippen MR) is 70.0 cm³/mol. The van der Waals surface area contributed by atoms with E-state index in [2.05, 4.69) is 10.4 Å². The second kappa shape index (κ2) is 6.02. The third-order valence-corrected chi connectivity index (χ3v) is 3.51. The van der Waals surface area contributed by atoms with E-state index in [0.717, 1.165) is 0 Å².